The smallest absolute Gasteiger partial charge is 0.354 e. The van der Waals surface area contributed by atoms with E-state index in [0.717, 1.165) is 0 Å². The fourth-order valence-electron chi connectivity index (χ4n) is 1.18. The van der Waals surface area contributed by atoms with Crippen LogP contribution in [0.2, 0.25) is 0 Å². The largest absolute Gasteiger partial charge is 0.461 e. The van der Waals surface area contributed by atoms with Crippen LogP contribution in [-0.4, -0.2) is 24.0 Å². The number of carbonyl (C=O) groups is 1. The minimum absolute atomic E-state index is 0.0539. The predicted octanol–water partition coefficient (Wildman–Crippen LogP) is 1.42. The summed E-state index contributed by atoms with van der Waals surface area (Å²) >= 11 is 5.95. The number of rotatable bonds is 2. The van der Waals surface area contributed by atoms with Gasteiger partial charge in [-0.1, -0.05) is 6.08 Å². The van der Waals surface area contributed by atoms with Crippen LogP contribution >= 0.6 is 11.6 Å². The Bertz CT molecular complexity index is 228. The SMILES string of the molecule is CCOC(=O)C1=CCC(Cl)[C@H](C)N1. The summed E-state index contributed by atoms with van der Waals surface area (Å²) in [6.07, 6.45) is 2.50. The molecule has 0 aromatic heterocycles. The summed E-state index contributed by atoms with van der Waals surface area (Å²) in [6.45, 7) is 4.13. The first-order valence-corrected chi connectivity index (χ1v) is 4.86. The Morgan fingerprint density at radius 3 is 3.08 bits per heavy atom. The van der Waals surface area contributed by atoms with Crippen LogP contribution in [0.25, 0.3) is 0 Å². The lowest BCUT2D eigenvalue weighted by Gasteiger charge is -2.25. The predicted molar refractivity (Wildman–Crippen MR) is 51.6 cm³/mol. The molecule has 1 heterocycles. The fourth-order valence-corrected chi connectivity index (χ4v) is 1.33. The molecule has 4 heteroatoms. The molecule has 0 amide bonds. The molecule has 0 bridgehead atoms. The fraction of sp³-hybridized carbons (Fsp3) is 0.667. The summed E-state index contributed by atoms with van der Waals surface area (Å²) in [6, 6.07) is 0.117. The quantitative estimate of drug-likeness (QED) is 0.545. The maximum absolute atomic E-state index is 11.3. The van der Waals surface area contributed by atoms with Crippen molar-refractivity contribution in [1.29, 1.82) is 0 Å². The highest BCUT2D eigenvalue weighted by molar-refractivity contribution is 6.21. The van der Waals surface area contributed by atoms with Gasteiger partial charge in [0.1, 0.15) is 5.70 Å². The third kappa shape index (κ3) is 2.62. The van der Waals surface area contributed by atoms with E-state index in [1.807, 2.05) is 6.92 Å². The number of ether oxygens (including phenoxy) is 1. The molecule has 1 unspecified atom stereocenters. The standard InChI is InChI=1S/C9H14ClNO2/c1-3-13-9(12)8-5-4-7(10)6(2)11-8/h5-7,11H,3-4H2,1-2H3/t6-,7?/m0/s1. The second kappa shape index (κ2) is 4.51. The van der Waals surface area contributed by atoms with E-state index in [4.69, 9.17) is 16.3 Å². The summed E-state index contributed by atoms with van der Waals surface area (Å²) in [5, 5.41) is 3.06. The number of allylic oxidation sites excluding steroid dienone is 1. The van der Waals surface area contributed by atoms with E-state index in [2.05, 4.69) is 5.32 Å². The second-order valence-electron chi connectivity index (χ2n) is 3.02. The van der Waals surface area contributed by atoms with Crippen molar-refractivity contribution in [1.82, 2.24) is 5.32 Å². The maximum Gasteiger partial charge on any atom is 0.354 e. The minimum Gasteiger partial charge on any atom is -0.461 e. The van der Waals surface area contributed by atoms with Gasteiger partial charge in [0.25, 0.3) is 0 Å². The zero-order valence-electron chi connectivity index (χ0n) is 7.84. The molecule has 1 aliphatic heterocycles. The highest BCUT2D eigenvalue weighted by Crippen LogP contribution is 2.16. The van der Waals surface area contributed by atoms with Crippen molar-refractivity contribution in [3.8, 4) is 0 Å². The molecule has 13 heavy (non-hydrogen) atoms. The average Bonchev–Trinajstić information content (AvgIpc) is 2.10. The van der Waals surface area contributed by atoms with Gasteiger partial charge in [-0.05, 0) is 20.3 Å². The maximum atomic E-state index is 11.3. The van der Waals surface area contributed by atoms with Crippen LogP contribution < -0.4 is 5.32 Å². The molecule has 1 aliphatic rings. The first kappa shape index (κ1) is 10.4. The van der Waals surface area contributed by atoms with E-state index in [1.54, 1.807) is 13.0 Å². The second-order valence-corrected chi connectivity index (χ2v) is 3.58. The van der Waals surface area contributed by atoms with Crippen molar-refractivity contribution < 1.29 is 9.53 Å². The molecule has 0 aliphatic carbocycles. The average molecular weight is 204 g/mol. The van der Waals surface area contributed by atoms with Crippen LogP contribution in [-0.2, 0) is 9.53 Å². The summed E-state index contributed by atoms with van der Waals surface area (Å²) in [7, 11) is 0. The lowest BCUT2D eigenvalue weighted by molar-refractivity contribution is -0.139. The molecule has 1 rings (SSSR count). The molecular weight excluding hydrogens is 190 g/mol. The normalized spacial score (nSPS) is 27.5. The van der Waals surface area contributed by atoms with E-state index in [-0.39, 0.29) is 17.4 Å². The molecule has 0 saturated heterocycles. The number of hydrogen-bond donors (Lipinski definition) is 1. The number of hydrogen-bond acceptors (Lipinski definition) is 3. The monoisotopic (exact) mass is 203 g/mol. The van der Waals surface area contributed by atoms with E-state index < -0.39 is 0 Å². The number of esters is 1. The highest BCUT2D eigenvalue weighted by Gasteiger charge is 2.23. The molecule has 74 valence electrons. The van der Waals surface area contributed by atoms with Gasteiger partial charge >= 0.3 is 5.97 Å². The molecule has 0 spiro atoms. The Morgan fingerprint density at radius 1 is 1.85 bits per heavy atom. The molecule has 0 aromatic rings. The number of alkyl halides is 1. The minimum atomic E-state index is -0.294. The Hall–Kier alpha value is -0.700. The van der Waals surface area contributed by atoms with Gasteiger partial charge in [-0.25, -0.2) is 4.79 Å². The van der Waals surface area contributed by atoms with Crippen LogP contribution in [0.4, 0.5) is 0 Å². The van der Waals surface area contributed by atoms with Crippen molar-refractivity contribution in [2.45, 2.75) is 31.7 Å². The van der Waals surface area contributed by atoms with E-state index in [1.165, 1.54) is 0 Å². The molecule has 1 N–H and O–H groups in total. The molecule has 0 radical (unpaired) electrons. The van der Waals surface area contributed by atoms with E-state index in [9.17, 15) is 4.79 Å². The van der Waals surface area contributed by atoms with Crippen molar-refractivity contribution in [2.75, 3.05) is 6.61 Å². The summed E-state index contributed by atoms with van der Waals surface area (Å²) in [4.78, 5) is 11.3. The Kier molecular flexibility index (Phi) is 3.60. The van der Waals surface area contributed by atoms with Gasteiger partial charge in [-0.2, -0.15) is 0 Å². The summed E-state index contributed by atoms with van der Waals surface area (Å²) in [5.74, 6) is -0.294. The van der Waals surface area contributed by atoms with Gasteiger partial charge in [0.2, 0.25) is 0 Å². The zero-order valence-corrected chi connectivity index (χ0v) is 8.60. The Labute approximate surface area is 83.1 Å². The van der Waals surface area contributed by atoms with E-state index in [0.29, 0.717) is 18.7 Å². The number of nitrogens with one attached hydrogen (secondary N) is 1. The molecule has 0 saturated carbocycles. The summed E-state index contributed by atoms with van der Waals surface area (Å²) in [5.41, 5.74) is 0.534. The van der Waals surface area contributed by atoms with Crippen LogP contribution in [0.3, 0.4) is 0 Å². The number of halogens is 1. The van der Waals surface area contributed by atoms with Gasteiger partial charge in [0.05, 0.1) is 12.0 Å². The van der Waals surface area contributed by atoms with Gasteiger partial charge in [0.15, 0.2) is 0 Å². The van der Waals surface area contributed by atoms with Crippen molar-refractivity contribution >= 4 is 17.6 Å². The lowest BCUT2D eigenvalue weighted by atomic mass is 10.1. The molecule has 3 nitrogen and oxygen atoms in total. The molecule has 0 fully saturated rings. The van der Waals surface area contributed by atoms with Crippen LogP contribution in [0.15, 0.2) is 11.8 Å². The van der Waals surface area contributed by atoms with Gasteiger partial charge in [0, 0.05) is 6.04 Å². The van der Waals surface area contributed by atoms with Gasteiger partial charge in [-0.15, -0.1) is 11.6 Å². The Morgan fingerprint density at radius 2 is 2.54 bits per heavy atom. The zero-order chi connectivity index (χ0) is 9.84. The van der Waals surface area contributed by atoms with Crippen molar-refractivity contribution in [2.24, 2.45) is 0 Å². The highest BCUT2D eigenvalue weighted by atomic mass is 35.5. The van der Waals surface area contributed by atoms with Gasteiger partial charge in [-0.3, -0.25) is 0 Å². The lowest BCUT2D eigenvalue weighted by Crippen LogP contribution is -2.39. The molecular formula is C9H14ClNO2. The van der Waals surface area contributed by atoms with Crippen molar-refractivity contribution in [3.05, 3.63) is 11.8 Å². The summed E-state index contributed by atoms with van der Waals surface area (Å²) < 4.78 is 4.85. The first-order valence-electron chi connectivity index (χ1n) is 4.43. The molecule has 2 atom stereocenters. The molecule has 0 aromatic carbocycles. The van der Waals surface area contributed by atoms with Crippen LogP contribution in [0.1, 0.15) is 20.3 Å². The third-order valence-corrected chi connectivity index (χ3v) is 2.52. The number of carbonyl (C=O) groups excluding carboxylic acids is 1. The third-order valence-electron chi connectivity index (χ3n) is 1.97. The van der Waals surface area contributed by atoms with E-state index >= 15 is 0 Å². The van der Waals surface area contributed by atoms with Crippen molar-refractivity contribution in [3.63, 3.8) is 0 Å². The Balaban J connectivity index is 2.57. The topological polar surface area (TPSA) is 38.3 Å². The van der Waals surface area contributed by atoms with Crippen LogP contribution in [0, 0.1) is 0 Å². The first-order chi connectivity index (χ1) is 6.15. The van der Waals surface area contributed by atoms with Crippen LogP contribution in [0.5, 0.6) is 0 Å². The van der Waals surface area contributed by atoms with Gasteiger partial charge < -0.3 is 10.1 Å².